The number of carboxylic acids is 1. The molecule has 0 spiro atoms. The summed E-state index contributed by atoms with van der Waals surface area (Å²) in [6.45, 7) is 14.3. The number of amides is 1. The average Bonchev–Trinajstić information content (AvgIpc) is 2.77. The summed E-state index contributed by atoms with van der Waals surface area (Å²) in [6, 6.07) is 11.9. The Hall–Kier alpha value is -3.41. The fourth-order valence-corrected chi connectivity index (χ4v) is 4.29. The van der Waals surface area contributed by atoms with Crippen LogP contribution in [-0.2, 0) is 25.2 Å². The van der Waals surface area contributed by atoms with Crippen LogP contribution in [0.2, 0.25) is 0 Å². The number of hydrogen-bond donors (Lipinski definition) is 1. The van der Waals surface area contributed by atoms with Gasteiger partial charge in [-0.3, -0.25) is 9.69 Å². The highest BCUT2D eigenvalue weighted by molar-refractivity contribution is 6.23. The summed E-state index contributed by atoms with van der Waals surface area (Å²) >= 11 is 0. The molecule has 1 aliphatic rings. The molecule has 0 aromatic heterocycles. The second kappa shape index (κ2) is 8.85. The van der Waals surface area contributed by atoms with Crippen molar-refractivity contribution in [2.75, 3.05) is 11.5 Å². The number of esters is 1. The molecule has 2 aromatic carbocycles. The fraction of sp³-hybridized carbons (Fsp3) is 0.370. The van der Waals surface area contributed by atoms with Crippen molar-refractivity contribution in [1.29, 1.82) is 0 Å². The van der Waals surface area contributed by atoms with Crippen molar-refractivity contribution >= 4 is 29.2 Å². The molecule has 6 heteroatoms. The maximum absolute atomic E-state index is 13.4. The lowest BCUT2D eigenvalue weighted by atomic mass is 9.63. The van der Waals surface area contributed by atoms with Crippen molar-refractivity contribution < 1.29 is 24.2 Å². The van der Waals surface area contributed by atoms with E-state index in [1.165, 1.54) is 22.6 Å². The van der Waals surface area contributed by atoms with Crippen LogP contribution in [-0.4, -0.2) is 29.6 Å². The minimum absolute atomic E-state index is 0.00981. The Balaban J connectivity index is 2.15. The van der Waals surface area contributed by atoms with Gasteiger partial charge in [-0.2, -0.15) is 0 Å². The first-order valence-corrected chi connectivity index (χ1v) is 11.1. The zero-order chi connectivity index (χ0) is 24.6. The number of rotatable bonds is 6. The lowest BCUT2D eigenvalue weighted by Gasteiger charge is -2.42. The summed E-state index contributed by atoms with van der Waals surface area (Å²) in [7, 11) is 0. The van der Waals surface area contributed by atoms with Crippen LogP contribution in [0.5, 0.6) is 0 Å². The zero-order valence-electron chi connectivity index (χ0n) is 19.9. The molecule has 3 rings (SSSR count). The Morgan fingerprint density at radius 1 is 0.939 bits per heavy atom. The van der Waals surface area contributed by atoms with Gasteiger partial charge in [0.1, 0.15) is 5.57 Å². The Bertz CT molecular complexity index is 1110. The third-order valence-corrected chi connectivity index (χ3v) is 6.45. The molecule has 6 nitrogen and oxygen atoms in total. The summed E-state index contributed by atoms with van der Waals surface area (Å²) in [4.78, 5) is 38.4. The summed E-state index contributed by atoms with van der Waals surface area (Å²) in [5.41, 5.74) is 3.14. The molecule has 0 fully saturated rings. The number of benzene rings is 2. The monoisotopic (exact) mass is 449 g/mol. The second-order valence-electron chi connectivity index (χ2n) is 9.69. The number of hydrogen-bond acceptors (Lipinski definition) is 4. The molecule has 0 heterocycles. The molecule has 33 heavy (non-hydrogen) atoms. The third-order valence-electron chi connectivity index (χ3n) is 6.45. The first kappa shape index (κ1) is 24.2. The Kier molecular flexibility index (Phi) is 6.50. The number of carboxylic acid groups (broad SMARTS) is 1. The first-order valence-electron chi connectivity index (χ1n) is 11.1. The molecule has 0 aliphatic heterocycles. The van der Waals surface area contributed by atoms with Crippen LogP contribution < -0.4 is 4.90 Å². The van der Waals surface area contributed by atoms with Crippen LogP contribution in [0.3, 0.4) is 0 Å². The number of aromatic carboxylic acids is 1. The number of anilines is 2. The van der Waals surface area contributed by atoms with E-state index >= 15 is 0 Å². The van der Waals surface area contributed by atoms with E-state index in [-0.39, 0.29) is 28.6 Å². The molecule has 0 atom stereocenters. The summed E-state index contributed by atoms with van der Waals surface area (Å²) in [6.07, 6.45) is 2.07. The number of carbonyl (C=O) groups excluding carboxylic acids is 2. The third kappa shape index (κ3) is 4.70. The van der Waals surface area contributed by atoms with E-state index in [2.05, 4.69) is 34.3 Å². The Morgan fingerprint density at radius 2 is 1.48 bits per heavy atom. The maximum atomic E-state index is 13.4. The Morgan fingerprint density at radius 3 is 2.03 bits per heavy atom. The van der Waals surface area contributed by atoms with Crippen LogP contribution in [0, 0.1) is 0 Å². The largest absolute Gasteiger partial charge is 0.478 e. The van der Waals surface area contributed by atoms with E-state index in [4.69, 9.17) is 4.74 Å². The van der Waals surface area contributed by atoms with Crippen molar-refractivity contribution in [3.8, 4) is 0 Å². The van der Waals surface area contributed by atoms with E-state index in [1.807, 2.05) is 18.2 Å². The molecule has 0 bridgehead atoms. The normalized spacial score (nSPS) is 15.8. The molecule has 2 aromatic rings. The van der Waals surface area contributed by atoms with Gasteiger partial charge < -0.3 is 9.84 Å². The van der Waals surface area contributed by atoms with E-state index in [1.54, 1.807) is 19.1 Å². The highest BCUT2D eigenvalue weighted by Crippen LogP contribution is 2.47. The van der Waals surface area contributed by atoms with Gasteiger partial charge in [-0.05, 0) is 78.1 Å². The van der Waals surface area contributed by atoms with Gasteiger partial charge >= 0.3 is 11.9 Å². The number of ether oxygens (including phenoxy) is 1. The molecule has 0 saturated carbocycles. The van der Waals surface area contributed by atoms with Gasteiger partial charge in [-0.15, -0.1) is 0 Å². The summed E-state index contributed by atoms with van der Waals surface area (Å²) in [5.74, 6) is -2.47. The molecule has 174 valence electrons. The smallest absolute Gasteiger partial charge is 0.343 e. The van der Waals surface area contributed by atoms with Crippen molar-refractivity contribution in [2.24, 2.45) is 0 Å². The molecule has 0 unspecified atom stereocenters. The molecule has 1 N–H and O–H groups in total. The molecule has 1 amide bonds. The van der Waals surface area contributed by atoms with Gasteiger partial charge in [0.05, 0.1) is 12.2 Å². The second-order valence-corrected chi connectivity index (χ2v) is 9.69. The van der Waals surface area contributed by atoms with Gasteiger partial charge in [-0.1, -0.05) is 40.3 Å². The molecule has 1 aliphatic carbocycles. The lowest BCUT2D eigenvalue weighted by molar-refractivity contribution is -0.139. The fourth-order valence-electron chi connectivity index (χ4n) is 4.29. The van der Waals surface area contributed by atoms with E-state index in [9.17, 15) is 19.5 Å². The molecule has 0 radical (unpaired) electrons. The van der Waals surface area contributed by atoms with Gasteiger partial charge in [0, 0.05) is 11.4 Å². The van der Waals surface area contributed by atoms with Crippen molar-refractivity contribution in [3.05, 3.63) is 71.3 Å². The predicted molar refractivity (Wildman–Crippen MR) is 128 cm³/mol. The van der Waals surface area contributed by atoms with Crippen molar-refractivity contribution in [1.82, 2.24) is 0 Å². The zero-order valence-corrected chi connectivity index (χ0v) is 19.9. The van der Waals surface area contributed by atoms with Crippen LogP contribution in [0.25, 0.3) is 0 Å². The highest BCUT2D eigenvalue weighted by Gasteiger charge is 2.38. The molecular formula is C27H31NO5. The average molecular weight is 450 g/mol. The minimum Gasteiger partial charge on any atom is -0.478 e. The predicted octanol–water partition coefficient (Wildman–Crippen LogP) is 5.52. The number of fused-ring (bicyclic) bond motifs is 1. The topological polar surface area (TPSA) is 83.9 Å². The number of nitrogens with zero attached hydrogens (tertiary/aromatic N) is 1. The van der Waals surface area contributed by atoms with Crippen LogP contribution in [0.15, 0.2) is 54.6 Å². The van der Waals surface area contributed by atoms with E-state index in [0.717, 1.165) is 18.4 Å². The SMILES string of the molecule is C=C(C(=O)OCC)C(=O)N(c1ccc(C(=O)O)cc1)c1ccc2c(c1)C(C)(C)CCC2(C)C. The highest BCUT2D eigenvalue weighted by atomic mass is 16.5. The van der Waals surface area contributed by atoms with Crippen LogP contribution in [0.4, 0.5) is 11.4 Å². The Labute approximate surface area is 194 Å². The maximum Gasteiger partial charge on any atom is 0.343 e. The first-order chi connectivity index (χ1) is 15.4. The summed E-state index contributed by atoms with van der Waals surface area (Å²) < 4.78 is 4.98. The summed E-state index contributed by atoms with van der Waals surface area (Å²) in [5, 5.41) is 9.24. The van der Waals surface area contributed by atoms with Gasteiger partial charge in [-0.25, -0.2) is 9.59 Å². The van der Waals surface area contributed by atoms with Gasteiger partial charge in [0.15, 0.2) is 0 Å². The molecule has 0 saturated heterocycles. The van der Waals surface area contributed by atoms with Crippen LogP contribution in [0.1, 0.15) is 68.9 Å². The quantitative estimate of drug-likeness (QED) is 0.272. The minimum atomic E-state index is -1.06. The van der Waals surface area contributed by atoms with E-state index in [0.29, 0.717) is 11.4 Å². The van der Waals surface area contributed by atoms with E-state index < -0.39 is 17.8 Å². The van der Waals surface area contributed by atoms with Crippen LogP contribution >= 0.6 is 0 Å². The lowest BCUT2D eigenvalue weighted by Crippen LogP contribution is -2.35. The van der Waals surface area contributed by atoms with Crippen molar-refractivity contribution in [2.45, 2.75) is 58.3 Å². The van der Waals surface area contributed by atoms with Gasteiger partial charge in [0.25, 0.3) is 5.91 Å². The molecular weight excluding hydrogens is 418 g/mol. The van der Waals surface area contributed by atoms with Gasteiger partial charge in [0.2, 0.25) is 0 Å². The van der Waals surface area contributed by atoms with Crippen molar-refractivity contribution in [3.63, 3.8) is 0 Å². The standard InChI is InChI=1S/C27H31NO5/c1-7-33-25(32)17(2)23(29)28(19-10-8-18(9-11-19)24(30)31)20-12-13-21-22(16-20)27(5,6)15-14-26(21,3)4/h8-13,16H,2,7,14-15H2,1,3-6H3,(H,30,31). The number of carbonyl (C=O) groups is 3.